The summed E-state index contributed by atoms with van der Waals surface area (Å²) in [6, 6.07) is 0. The smallest absolute Gasteiger partial charge is 0.0342 e. The zero-order valence-corrected chi connectivity index (χ0v) is 9.80. The number of thiophene rings is 1. The molecule has 0 bridgehead atoms. The van der Waals surface area contributed by atoms with Crippen LogP contribution >= 0.6 is 11.3 Å². The van der Waals surface area contributed by atoms with Crippen molar-refractivity contribution in [3.05, 3.63) is 26.5 Å². The maximum atomic E-state index is 2.32. The summed E-state index contributed by atoms with van der Waals surface area (Å²) in [5, 5.41) is 0. The molecule has 0 saturated carbocycles. The van der Waals surface area contributed by atoms with Crippen molar-refractivity contribution >= 4 is 16.9 Å². The van der Waals surface area contributed by atoms with Crippen molar-refractivity contribution in [1.82, 2.24) is 0 Å². The van der Waals surface area contributed by atoms with Gasteiger partial charge < -0.3 is 0 Å². The highest BCUT2D eigenvalue weighted by atomic mass is 32.1. The van der Waals surface area contributed by atoms with E-state index in [0.717, 1.165) is 0 Å². The van der Waals surface area contributed by atoms with Gasteiger partial charge in [-0.05, 0) is 44.4 Å². The van der Waals surface area contributed by atoms with Crippen molar-refractivity contribution in [2.24, 2.45) is 0 Å². The van der Waals surface area contributed by atoms with Gasteiger partial charge in [-0.2, -0.15) is 0 Å². The van der Waals surface area contributed by atoms with E-state index in [2.05, 4.69) is 34.6 Å². The second-order valence-electron chi connectivity index (χ2n) is 4.06. The van der Waals surface area contributed by atoms with Crippen molar-refractivity contribution in [1.29, 1.82) is 0 Å². The summed E-state index contributed by atoms with van der Waals surface area (Å²) in [4.78, 5) is 3.03. The summed E-state index contributed by atoms with van der Waals surface area (Å²) >= 11 is 1.96. The van der Waals surface area contributed by atoms with Gasteiger partial charge in [0.2, 0.25) is 0 Å². The Morgan fingerprint density at radius 1 is 1.08 bits per heavy atom. The molecule has 0 radical (unpaired) electrons. The van der Waals surface area contributed by atoms with Crippen LogP contribution in [0.25, 0.3) is 5.57 Å². The number of allylic oxidation sites excluding steroid dienone is 2. The summed E-state index contributed by atoms with van der Waals surface area (Å²) in [6.07, 6.45) is 0. The van der Waals surface area contributed by atoms with E-state index in [-0.39, 0.29) is 0 Å². The van der Waals surface area contributed by atoms with Gasteiger partial charge in [0.25, 0.3) is 0 Å². The molecule has 70 valence electrons. The van der Waals surface area contributed by atoms with Crippen LogP contribution in [-0.4, -0.2) is 0 Å². The Morgan fingerprint density at radius 3 is 2.23 bits per heavy atom. The highest BCUT2D eigenvalue weighted by Crippen LogP contribution is 2.47. The molecule has 0 N–H and O–H groups in total. The average molecular weight is 192 g/mol. The summed E-state index contributed by atoms with van der Waals surface area (Å²) in [5.41, 5.74) is 6.19. The lowest BCUT2D eigenvalue weighted by Crippen LogP contribution is -1.91. The molecule has 13 heavy (non-hydrogen) atoms. The molecule has 0 saturated heterocycles. The molecule has 0 fully saturated rings. The maximum absolute atomic E-state index is 2.32. The monoisotopic (exact) mass is 192 g/mol. The Labute approximate surface area is 84.3 Å². The van der Waals surface area contributed by atoms with E-state index in [1.165, 1.54) is 16.0 Å². The third-order valence-electron chi connectivity index (χ3n) is 3.45. The fraction of sp³-hybridized carbons (Fsp3) is 0.500. The van der Waals surface area contributed by atoms with Crippen molar-refractivity contribution in [2.75, 3.05) is 0 Å². The van der Waals surface area contributed by atoms with Gasteiger partial charge >= 0.3 is 0 Å². The molecular weight excluding hydrogens is 176 g/mol. The fourth-order valence-electron chi connectivity index (χ4n) is 2.16. The SMILES string of the molecule is CC1=C(C)[C@@H](C)c2c1sc(C)c2C. The van der Waals surface area contributed by atoms with E-state index in [9.17, 15) is 0 Å². The van der Waals surface area contributed by atoms with Crippen LogP contribution < -0.4 is 0 Å². The molecule has 0 spiro atoms. The lowest BCUT2D eigenvalue weighted by molar-refractivity contribution is 0.912. The molecule has 0 unspecified atom stereocenters. The minimum atomic E-state index is 0.653. The molecule has 0 amide bonds. The second-order valence-corrected chi connectivity index (χ2v) is 5.28. The Balaban J connectivity index is 2.70. The molecule has 1 aromatic rings. The zero-order valence-electron chi connectivity index (χ0n) is 8.99. The van der Waals surface area contributed by atoms with E-state index in [1.54, 1.807) is 16.0 Å². The first-order chi connectivity index (χ1) is 6.04. The van der Waals surface area contributed by atoms with E-state index in [0.29, 0.717) is 5.92 Å². The van der Waals surface area contributed by atoms with Crippen molar-refractivity contribution in [3.8, 4) is 0 Å². The van der Waals surface area contributed by atoms with Gasteiger partial charge in [0.05, 0.1) is 0 Å². The van der Waals surface area contributed by atoms with Crippen LogP contribution in [0.1, 0.15) is 47.6 Å². The minimum Gasteiger partial charge on any atom is -0.140 e. The number of hydrogen-bond donors (Lipinski definition) is 0. The minimum absolute atomic E-state index is 0.653. The van der Waals surface area contributed by atoms with E-state index in [4.69, 9.17) is 0 Å². The summed E-state index contributed by atoms with van der Waals surface area (Å²) < 4.78 is 0. The first kappa shape index (κ1) is 9.01. The predicted octanol–water partition coefficient (Wildman–Crippen LogP) is 4.28. The van der Waals surface area contributed by atoms with Gasteiger partial charge in [-0.25, -0.2) is 0 Å². The van der Waals surface area contributed by atoms with E-state index in [1.807, 2.05) is 11.3 Å². The highest BCUT2D eigenvalue weighted by Gasteiger charge is 2.27. The Kier molecular flexibility index (Phi) is 1.88. The summed E-state index contributed by atoms with van der Waals surface area (Å²) in [5.74, 6) is 0.653. The molecule has 1 aromatic heterocycles. The molecule has 2 rings (SSSR count). The zero-order chi connectivity index (χ0) is 9.75. The van der Waals surface area contributed by atoms with Gasteiger partial charge in [0.15, 0.2) is 0 Å². The number of aryl methyl sites for hydroxylation is 1. The van der Waals surface area contributed by atoms with Crippen LogP contribution in [0, 0.1) is 13.8 Å². The molecule has 1 heterocycles. The third-order valence-corrected chi connectivity index (χ3v) is 4.79. The van der Waals surface area contributed by atoms with Crippen LogP contribution in [-0.2, 0) is 0 Å². The van der Waals surface area contributed by atoms with Gasteiger partial charge in [-0.1, -0.05) is 12.5 Å². The Morgan fingerprint density at radius 2 is 1.69 bits per heavy atom. The van der Waals surface area contributed by atoms with Crippen molar-refractivity contribution < 1.29 is 0 Å². The topological polar surface area (TPSA) is 0 Å². The largest absolute Gasteiger partial charge is 0.140 e. The predicted molar refractivity (Wildman–Crippen MR) is 60.5 cm³/mol. The molecule has 0 nitrogen and oxygen atoms in total. The van der Waals surface area contributed by atoms with Crippen LogP contribution in [0.2, 0.25) is 0 Å². The normalized spacial score (nSPS) is 21.2. The van der Waals surface area contributed by atoms with Crippen molar-refractivity contribution in [2.45, 2.75) is 40.5 Å². The van der Waals surface area contributed by atoms with Crippen LogP contribution in [0.5, 0.6) is 0 Å². The lowest BCUT2D eigenvalue weighted by Gasteiger charge is -2.07. The van der Waals surface area contributed by atoms with Gasteiger partial charge in [-0.3, -0.25) is 0 Å². The van der Waals surface area contributed by atoms with Crippen LogP contribution in [0.4, 0.5) is 0 Å². The molecule has 1 atom stereocenters. The van der Waals surface area contributed by atoms with Gasteiger partial charge in [0, 0.05) is 15.7 Å². The Bertz CT molecular complexity index is 394. The van der Waals surface area contributed by atoms with Gasteiger partial charge in [0.1, 0.15) is 0 Å². The standard InChI is InChI=1S/C12H16S/c1-6-7(2)11-9(4)10(5)13-12(11)8(6)3/h7H,1-5H3/t7-/m1/s1. The third kappa shape index (κ3) is 1.03. The number of rotatable bonds is 0. The van der Waals surface area contributed by atoms with E-state index < -0.39 is 0 Å². The Hall–Kier alpha value is -0.560. The summed E-state index contributed by atoms with van der Waals surface area (Å²) in [7, 11) is 0. The molecule has 1 aliphatic carbocycles. The highest BCUT2D eigenvalue weighted by molar-refractivity contribution is 7.13. The van der Waals surface area contributed by atoms with Crippen LogP contribution in [0.3, 0.4) is 0 Å². The van der Waals surface area contributed by atoms with Crippen LogP contribution in [0.15, 0.2) is 5.57 Å². The first-order valence-corrected chi connectivity index (χ1v) is 5.63. The second kappa shape index (κ2) is 2.71. The first-order valence-electron chi connectivity index (χ1n) is 4.81. The molecular formula is C12H16S. The fourth-order valence-corrected chi connectivity index (χ4v) is 3.49. The van der Waals surface area contributed by atoms with Gasteiger partial charge in [-0.15, -0.1) is 11.3 Å². The quantitative estimate of drug-likeness (QED) is 0.575. The average Bonchev–Trinajstić information content (AvgIpc) is 2.48. The number of hydrogen-bond acceptors (Lipinski definition) is 1. The molecule has 0 aromatic carbocycles. The van der Waals surface area contributed by atoms with Crippen molar-refractivity contribution in [3.63, 3.8) is 0 Å². The molecule has 1 aliphatic rings. The maximum Gasteiger partial charge on any atom is 0.0342 e. The number of fused-ring (bicyclic) bond motifs is 1. The summed E-state index contributed by atoms with van der Waals surface area (Å²) in [6.45, 7) is 11.3. The lowest BCUT2D eigenvalue weighted by atomic mass is 9.97. The van der Waals surface area contributed by atoms with E-state index >= 15 is 0 Å². The molecule has 0 aliphatic heterocycles. The molecule has 1 heteroatoms.